The highest BCUT2D eigenvalue weighted by atomic mass is 35.5. The molecular formula is C16H23ClF3N3O3S. The summed E-state index contributed by atoms with van der Waals surface area (Å²) >= 11 is 0. The normalized spacial score (nSPS) is 18.6. The van der Waals surface area contributed by atoms with Crippen LogP contribution in [0.4, 0.5) is 13.2 Å². The molecule has 0 radical (unpaired) electrons. The van der Waals surface area contributed by atoms with Crippen molar-refractivity contribution < 1.29 is 26.4 Å². The zero-order valence-electron chi connectivity index (χ0n) is 14.8. The lowest BCUT2D eigenvalue weighted by Crippen LogP contribution is -2.42. The summed E-state index contributed by atoms with van der Waals surface area (Å²) in [6.45, 7) is -0.0206. The minimum absolute atomic E-state index is 0. The van der Waals surface area contributed by atoms with Gasteiger partial charge in [-0.05, 0) is 50.6 Å². The minimum Gasteiger partial charge on any atom is -0.343 e. The van der Waals surface area contributed by atoms with E-state index in [-0.39, 0.29) is 28.8 Å². The van der Waals surface area contributed by atoms with Gasteiger partial charge in [0.25, 0.3) is 5.91 Å². The fraction of sp³-hybridized carbons (Fsp3) is 0.562. The second kappa shape index (κ2) is 9.72. The summed E-state index contributed by atoms with van der Waals surface area (Å²) in [5.74, 6) is -0.770. The van der Waals surface area contributed by atoms with Crippen LogP contribution < -0.4 is 10.6 Å². The van der Waals surface area contributed by atoms with E-state index in [1.165, 1.54) is 22.5 Å². The van der Waals surface area contributed by atoms with Gasteiger partial charge in [-0.3, -0.25) is 4.79 Å². The van der Waals surface area contributed by atoms with Crippen molar-refractivity contribution in [2.75, 3.05) is 33.2 Å². The summed E-state index contributed by atoms with van der Waals surface area (Å²) in [6, 6.07) is 5.09. The van der Waals surface area contributed by atoms with Crippen LogP contribution in [-0.4, -0.2) is 58.0 Å². The molecule has 0 aromatic heterocycles. The number of alkyl halides is 3. The van der Waals surface area contributed by atoms with Gasteiger partial charge in [-0.2, -0.15) is 17.5 Å². The molecule has 1 heterocycles. The van der Waals surface area contributed by atoms with E-state index >= 15 is 0 Å². The number of halogens is 4. The highest BCUT2D eigenvalue weighted by molar-refractivity contribution is 7.89. The number of carbonyl (C=O) groups excluding carboxylic acids is 1. The van der Waals surface area contributed by atoms with Crippen LogP contribution in [0.3, 0.4) is 0 Å². The number of amides is 1. The number of nitrogens with one attached hydrogen (secondary N) is 2. The van der Waals surface area contributed by atoms with Gasteiger partial charge in [0.1, 0.15) is 6.54 Å². The van der Waals surface area contributed by atoms with Gasteiger partial charge in [-0.1, -0.05) is 6.07 Å². The van der Waals surface area contributed by atoms with E-state index in [0.717, 1.165) is 18.9 Å². The van der Waals surface area contributed by atoms with Crippen LogP contribution in [0.2, 0.25) is 0 Å². The smallest absolute Gasteiger partial charge is 0.343 e. The number of hydrogen-bond acceptors (Lipinski definition) is 4. The molecule has 27 heavy (non-hydrogen) atoms. The second-order valence-corrected chi connectivity index (χ2v) is 8.19. The first-order chi connectivity index (χ1) is 12.1. The van der Waals surface area contributed by atoms with E-state index in [1.807, 2.05) is 0 Å². The van der Waals surface area contributed by atoms with Crippen molar-refractivity contribution in [1.82, 2.24) is 14.9 Å². The van der Waals surface area contributed by atoms with E-state index in [0.29, 0.717) is 19.6 Å². The summed E-state index contributed by atoms with van der Waals surface area (Å²) in [5.41, 5.74) is -0.126. The largest absolute Gasteiger partial charge is 0.405 e. The van der Waals surface area contributed by atoms with Gasteiger partial charge in [-0.25, -0.2) is 8.42 Å². The maximum atomic E-state index is 12.8. The molecule has 1 aliphatic heterocycles. The van der Waals surface area contributed by atoms with Gasteiger partial charge < -0.3 is 10.6 Å². The number of hydrogen-bond donors (Lipinski definition) is 2. The van der Waals surface area contributed by atoms with Crippen molar-refractivity contribution in [3.8, 4) is 0 Å². The lowest BCUT2D eigenvalue weighted by Gasteiger charge is -2.31. The molecule has 1 aromatic rings. The molecule has 6 nitrogen and oxygen atoms in total. The Kier molecular flexibility index (Phi) is 8.52. The number of sulfonamides is 1. The van der Waals surface area contributed by atoms with Crippen LogP contribution in [0.5, 0.6) is 0 Å². The first kappa shape index (κ1) is 23.7. The molecule has 0 aliphatic carbocycles. The van der Waals surface area contributed by atoms with E-state index in [4.69, 9.17) is 0 Å². The third-order valence-corrected chi connectivity index (χ3v) is 6.02. The molecule has 1 aliphatic rings. The van der Waals surface area contributed by atoms with Crippen molar-refractivity contribution >= 4 is 28.3 Å². The lowest BCUT2D eigenvalue weighted by atomic mass is 10.00. The van der Waals surface area contributed by atoms with Gasteiger partial charge in [0.2, 0.25) is 10.0 Å². The van der Waals surface area contributed by atoms with E-state index in [9.17, 15) is 26.4 Å². The number of benzene rings is 1. The third kappa shape index (κ3) is 6.63. The SMILES string of the molecule is CNCC1CCCN(S(=O)(=O)c2cccc(C(=O)NCC(F)(F)F)c2)C1.Cl. The minimum atomic E-state index is -4.53. The highest BCUT2D eigenvalue weighted by Gasteiger charge is 2.31. The van der Waals surface area contributed by atoms with Gasteiger partial charge in [0.15, 0.2) is 0 Å². The Balaban J connectivity index is 0.00000364. The molecule has 1 unspecified atom stereocenters. The molecule has 2 rings (SSSR count). The van der Waals surface area contributed by atoms with Crippen molar-refractivity contribution in [1.29, 1.82) is 0 Å². The van der Waals surface area contributed by atoms with Crippen LogP contribution in [0, 0.1) is 5.92 Å². The Morgan fingerprint density at radius 1 is 1.33 bits per heavy atom. The molecule has 154 valence electrons. The molecule has 1 atom stereocenters. The van der Waals surface area contributed by atoms with Crippen molar-refractivity contribution in [2.24, 2.45) is 5.92 Å². The molecule has 1 saturated heterocycles. The average Bonchev–Trinajstić information content (AvgIpc) is 2.59. The summed E-state index contributed by atoms with van der Waals surface area (Å²) < 4.78 is 63.7. The predicted octanol–water partition coefficient (Wildman–Crippen LogP) is 2.02. The summed E-state index contributed by atoms with van der Waals surface area (Å²) in [7, 11) is -2.01. The van der Waals surface area contributed by atoms with Gasteiger partial charge >= 0.3 is 6.18 Å². The fourth-order valence-corrected chi connectivity index (χ4v) is 4.53. The first-order valence-corrected chi connectivity index (χ1v) is 9.67. The van der Waals surface area contributed by atoms with E-state index < -0.39 is 28.7 Å². The van der Waals surface area contributed by atoms with Crippen molar-refractivity contribution in [2.45, 2.75) is 23.9 Å². The van der Waals surface area contributed by atoms with Crippen LogP contribution in [-0.2, 0) is 10.0 Å². The Morgan fingerprint density at radius 3 is 2.67 bits per heavy atom. The van der Waals surface area contributed by atoms with Gasteiger partial charge in [0, 0.05) is 18.7 Å². The third-order valence-electron chi connectivity index (χ3n) is 4.16. The predicted molar refractivity (Wildman–Crippen MR) is 97.5 cm³/mol. The summed E-state index contributed by atoms with van der Waals surface area (Å²) in [4.78, 5) is 11.8. The van der Waals surface area contributed by atoms with Crippen molar-refractivity contribution in [3.05, 3.63) is 29.8 Å². The molecule has 0 saturated carbocycles. The molecule has 1 aromatic carbocycles. The molecule has 0 bridgehead atoms. The maximum Gasteiger partial charge on any atom is 0.405 e. The maximum absolute atomic E-state index is 12.8. The Morgan fingerprint density at radius 2 is 2.04 bits per heavy atom. The number of rotatable bonds is 6. The monoisotopic (exact) mass is 429 g/mol. The molecular weight excluding hydrogens is 407 g/mol. The Hall–Kier alpha value is -1.36. The fourth-order valence-electron chi connectivity index (χ4n) is 2.93. The zero-order chi connectivity index (χ0) is 19.4. The van der Waals surface area contributed by atoms with Crippen molar-refractivity contribution in [3.63, 3.8) is 0 Å². The van der Waals surface area contributed by atoms with Crippen LogP contribution in [0.25, 0.3) is 0 Å². The lowest BCUT2D eigenvalue weighted by molar-refractivity contribution is -0.123. The molecule has 11 heteroatoms. The zero-order valence-corrected chi connectivity index (χ0v) is 16.4. The van der Waals surface area contributed by atoms with Crippen LogP contribution in [0.15, 0.2) is 29.2 Å². The standard InChI is InChI=1S/C16H22F3N3O3S.ClH/c1-20-9-12-4-3-7-22(10-12)26(24,25)14-6-2-5-13(8-14)15(23)21-11-16(17,18)19;/h2,5-6,8,12,20H,3-4,7,9-11H2,1H3,(H,21,23);1H. The highest BCUT2D eigenvalue weighted by Crippen LogP contribution is 2.24. The van der Waals surface area contributed by atoms with E-state index in [2.05, 4.69) is 5.32 Å². The van der Waals surface area contributed by atoms with E-state index in [1.54, 1.807) is 12.4 Å². The summed E-state index contributed by atoms with van der Waals surface area (Å²) in [6.07, 6.45) is -2.88. The molecule has 1 amide bonds. The number of carbonyl (C=O) groups is 1. The Labute approximate surface area is 163 Å². The van der Waals surface area contributed by atoms with Crippen LogP contribution >= 0.6 is 12.4 Å². The van der Waals surface area contributed by atoms with Crippen LogP contribution in [0.1, 0.15) is 23.2 Å². The van der Waals surface area contributed by atoms with Gasteiger partial charge in [0.05, 0.1) is 4.90 Å². The molecule has 1 fully saturated rings. The molecule has 0 spiro atoms. The average molecular weight is 430 g/mol. The summed E-state index contributed by atoms with van der Waals surface area (Å²) in [5, 5.41) is 4.77. The molecule has 2 N–H and O–H groups in total. The first-order valence-electron chi connectivity index (χ1n) is 8.23. The second-order valence-electron chi connectivity index (χ2n) is 6.25. The topological polar surface area (TPSA) is 78.5 Å². The number of nitrogens with zero attached hydrogens (tertiary/aromatic N) is 1. The van der Waals surface area contributed by atoms with Gasteiger partial charge in [-0.15, -0.1) is 12.4 Å². The quantitative estimate of drug-likeness (QED) is 0.725. The Bertz CT molecular complexity index is 742. The number of piperidine rings is 1.